The summed E-state index contributed by atoms with van der Waals surface area (Å²) in [5.74, 6) is 0. The number of fused-ring (bicyclic) bond motifs is 3. The van der Waals surface area contributed by atoms with Gasteiger partial charge in [0.1, 0.15) is 5.65 Å². The fourth-order valence-electron chi connectivity index (χ4n) is 3.45. The molecule has 2 aromatic heterocycles. The van der Waals surface area contributed by atoms with Gasteiger partial charge in [-0.2, -0.15) is 5.10 Å². The molecule has 5 heteroatoms. The Morgan fingerprint density at radius 1 is 1.16 bits per heavy atom. The van der Waals surface area contributed by atoms with Crippen LogP contribution in [0.3, 0.4) is 0 Å². The molecule has 0 aliphatic heterocycles. The maximum atomic E-state index is 13.0. The first-order valence-electron chi connectivity index (χ1n) is 8.23. The molecule has 5 nitrogen and oxygen atoms in total. The van der Waals surface area contributed by atoms with Crippen molar-refractivity contribution in [2.45, 2.75) is 20.0 Å². The number of aliphatic hydroxyl groups excluding tert-OH is 1. The predicted octanol–water partition coefficient (Wildman–Crippen LogP) is 3.21. The van der Waals surface area contributed by atoms with E-state index in [1.165, 1.54) is 0 Å². The Labute approximate surface area is 144 Å². The van der Waals surface area contributed by atoms with Crippen LogP contribution in [0.2, 0.25) is 0 Å². The summed E-state index contributed by atoms with van der Waals surface area (Å²) in [5.41, 5.74) is 4.83. The molecule has 0 aliphatic rings. The molecule has 1 atom stereocenters. The van der Waals surface area contributed by atoms with E-state index < -0.39 is 6.10 Å². The topological polar surface area (TPSA) is 59.5 Å². The van der Waals surface area contributed by atoms with E-state index in [-0.39, 0.29) is 5.56 Å². The van der Waals surface area contributed by atoms with Crippen molar-refractivity contribution in [2.24, 2.45) is 7.05 Å². The van der Waals surface area contributed by atoms with E-state index in [0.29, 0.717) is 16.5 Å². The van der Waals surface area contributed by atoms with Crippen molar-refractivity contribution in [3.8, 4) is 11.1 Å². The summed E-state index contributed by atoms with van der Waals surface area (Å²) >= 11 is 0. The molecule has 2 aromatic carbocycles. The Hall–Kier alpha value is -2.92. The number of hydrogen-bond donors (Lipinski definition) is 1. The van der Waals surface area contributed by atoms with Gasteiger partial charge in [0.25, 0.3) is 5.56 Å². The number of rotatable bonds is 2. The molecule has 2 heterocycles. The van der Waals surface area contributed by atoms with Gasteiger partial charge < -0.3 is 5.11 Å². The van der Waals surface area contributed by atoms with E-state index in [4.69, 9.17) is 0 Å². The average molecular weight is 333 g/mol. The van der Waals surface area contributed by atoms with Crippen LogP contribution in [0.25, 0.3) is 27.7 Å². The molecule has 126 valence electrons. The van der Waals surface area contributed by atoms with Gasteiger partial charge in [-0.15, -0.1) is 0 Å². The van der Waals surface area contributed by atoms with Crippen molar-refractivity contribution in [1.29, 1.82) is 0 Å². The molecule has 4 rings (SSSR count). The second kappa shape index (κ2) is 5.57. The van der Waals surface area contributed by atoms with E-state index in [1.807, 2.05) is 49.4 Å². The van der Waals surface area contributed by atoms with Crippen molar-refractivity contribution in [3.63, 3.8) is 0 Å². The summed E-state index contributed by atoms with van der Waals surface area (Å²) in [4.78, 5) is 13.0. The molecule has 0 bridgehead atoms. The maximum Gasteiger partial charge on any atom is 0.261 e. The standard InChI is InChI=1S/C20H19N3O2/c1-12-9-15(13(2)24)18-16(10-12)20(25)22(3)19-17(11-21-23(18)19)14-7-5-4-6-8-14/h4-11,13,24H,1-3H3. The minimum atomic E-state index is -0.693. The summed E-state index contributed by atoms with van der Waals surface area (Å²) < 4.78 is 3.39. The van der Waals surface area contributed by atoms with Crippen LogP contribution in [-0.2, 0) is 7.05 Å². The smallest absolute Gasteiger partial charge is 0.261 e. The third-order valence-corrected chi connectivity index (χ3v) is 4.63. The third-order valence-electron chi connectivity index (χ3n) is 4.63. The normalized spacial score (nSPS) is 12.8. The number of aliphatic hydroxyl groups is 1. The Kier molecular flexibility index (Phi) is 3.47. The summed E-state index contributed by atoms with van der Waals surface area (Å²) in [7, 11) is 1.76. The van der Waals surface area contributed by atoms with Crippen LogP contribution >= 0.6 is 0 Å². The highest BCUT2D eigenvalue weighted by molar-refractivity contribution is 5.88. The molecule has 4 aromatic rings. The molecule has 0 spiro atoms. The van der Waals surface area contributed by atoms with Gasteiger partial charge in [0, 0.05) is 18.2 Å². The zero-order valence-corrected chi connectivity index (χ0v) is 14.4. The molecule has 25 heavy (non-hydrogen) atoms. The van der Waals surface area contributed by atoms with E-state index in [9.17, 15) is 9.90 Å². The number of hydrogen-bond acceptors (Lipinski definition) is 3. The Morgan fingerprint density at radius 2 is 1.88 bits per heavy atom. The van der Waals surface area contributed by atoms with Crippen molar-refractivity contribution < 1.29 is 5.11 Å². The number of benzene rings is 2. The molecule has 0 saturated carbocycles. The highest BCUT2D eigenvalue weighted by atomic mass is 16.3. The predicted molar refractivity (Wildman–Crippen MR) is 98.7 cm³/mol. The second-order valence-electron chi connectivity index (χ2n) is 6.45. The van der Waals surface area contributed by atoms with Gasteiger partial charge in [0.2, 0.25) is 0 Å². The molecule has 0 fully saturated rings. The van der Waals surface area contributed by atoms with E-state index >= 15 is 0 Å². The fourth-order valence-corrected chi connectivity index (χ4v) is 3.45. The van der Waals surface area contributed by atoms with Crippen LogP contribution in [-0.4, -0.2) is 19.3 Å². The Bertz CT molecular complexity index is 1150. The monoisotopic (exact) mass is 333 g/mol. The van der Waals surface area contributed by atoms with E-state index in [0.717, 1.165) is 22.3 Å². The first kappa shape index (κ1) is 15.6. The Morgan fingerprint density at radius 3 is 2.56 bits per heavy atom. The van der Waals surface area contributed by atoms with Crippen molar-refractivity contribution in [2.75, 3.05) is 0 Å². The molecule has 0 radical (unpaired) electrons. The van der Waals surface area contributed by atoms with E-state index in [1.54, 1.807) is 29.3 Å². The van der Waals surface area contributed by atoms with Crippen LogP contribution in [0, 0.1) is 6.92 Å². The lowest BCUT2D eigenvalue weighted by Gasteiger charge is -2.14. The molecular weight excluding hydrogens is 314 g/mol. The fraction of sp³-hybridized carbons (Fsp3) is 0.200. The van der Waals surface area contributed by atoms with E-state index in [2.05, 4.69) is 5.10 Å². The molecule has 1 unspecified atom stereocenters. The first-order chi connectivity index (χ1) is 12.0. The SMILES string of the molecule is Cc1cc(C(C)O)c2c(c1)c(=O)n(C)c1c(-c3ccccc3)cnn21. The third kappa shape index (κ3) is 2.27. The van der Waals surface area contributed by atoms with Gasteiger partial charge in [0.15, 0.2) is 0 Å². The molecule has 1 N–H and O–H groups in total. The average Bonchev–Trinajstić information content (AvgIpc) is 3.04. The van der Waals surface area contributed by atoms with Crippen LogP contribution in [0.1, 0.15) is 24.2 Å². The molecule has 0 saturated heterocycles. The molecular formula is C20H19N3O2. The van der Waals surface area contributed by atoms with Crippen LogP contribution in [0.5, 0.6) is 0 Å². The summed E-state index contributed by atoms with van der Waals surface area (Å²) in [6.45, 7) is 3.63. The first-order valence-corrected chi connectivity index (χ1v) is 8.23. The Balaban J connectivity index is 2.23. The van der Waals surface area contributed by atoms with Crippen LogP contribution < -0.4 is 5.56 Å². The van der Waals surface area contributed by atoms with Gasteiger partial charge >= 0.3 is 0 Å². The van der Waals surface area contributed by atoms with Gasteiger partial charge in [-0.05, 0) is 31.0 Å². The molecule has 0 aliphatic carbocycles. The van der Waals surface area contributed by atoms with Gasteiger partial charge in [-0.3, -0.25) is 9.36 Å². The highest BCUT2D eigenvalue weighted by Crippen LogP contribution is 2.29. The van der Waals surface area contributed by atoms with Gasteiger partial charge in [-0.25, -0.2) is 4.52 Å². The highest BCUT2D eigenvalue weighted by Gasteiger charge is 2.19. The summed E-state index contributed by atoms with van der Waals surface area (Å²) in [6, 6.07) is 13.6. The van der Waals surface area contributed by atoms with Crippen LogP contribution in [0.15, 0.2) is 53.5 Å². The molecule has 0 amide bonds. The summed E-state index contributed by atoms with van der Waals surface area (Å²) in [5, 5.41) is 15.3. The lowest BCUT2D eigenvalue weighted by molar-refractivity contribution is 0.200. The summed E-state index contributed by atoms with van der Waals surface area (Å²) in [6.07, 6.45) is 1.08. The zero-order valence-electron chi connectivity index (χ0n) is 14.4. The van der Waals surface area contributed by atoms with Crippen LogP contribution in [0.4, 0.5) is 0 Å². The van der Waals surface area contributed by atoms with Crippen molar-refractivity contribution >= 4 is 16.6 Å². The number of aromatic nitrogens is 3. The van der Waals surface area contributed by atoms with Crippen molar-refractivity contribution in [3.05, 3.63) is 70.1 Å². The second-order valence-corrected chi connectivity index (χ2v) is 6.45. The van der Waals surface area contributed by atoms with Gasteiger partial charge in [-0.1, -0.05) is 36.4 Å². The lowest BCUT2D eigenvalue weighted by Crippen LogP contribution is -2.21. The maximum absolute atomic E-state index is 13.0. The zero-order chi connectivity index (χ0) is 17.7. The van der Waals surface area contributed by atoms with Crippen molar-refractivity contribution in [1.82, 2.24) is 14.2 Å². The number of aryl methyl sites for hydroxylation is 2. The minimum absolute atomic E-state index is 0.0919. The quantitative estimate of drug-likeness (QED) is 0.613. The number of nitrogens with zero attached hydrogens (tertiary/aromatic N) is 3. The van der Waals surface area contributed by atoms with Gasteiger partial charge in [0.05, 0.1) is 23.2 Å². The lowest BCUT2D eigenvalue weighted by atomic mass is 10.0. The minimum Gasteiger partial charge on any atom is -0.389 e. The largest absolute Gasteiger partial charge is 0.389 e.